The van der Waals surface area contributed by atoms with E-state index in [1.165, 1.54) is 0 Å². The molecule has 2 atom stereocenters. The maximum atomic E-state index is 16.1. The molecular formula is C32H50N2O5P2Si3. The molecule has 3 rings (SSSR count). The summed E-state index contributed by atoms with van der Waals surface area (Å²) >= 11 is 0. The molecule has 0 radical (unpaired) electrons. The van der Waals surface area contributed by atoms with Gasteiger partial charge in [-0.3, -0.25) is 19.1 Å². The van der Waals surface area contributed by atoms with Crippen molar-refractivity contribution in [1.82, 2.24) is 9.97 Å². The van der Waals surface area contributed by atoms with Crippen LogP contribution in [0.2, 0.25) is 58.9 Å². The van der Waals surface area contributed by atoms with Crippen molar-refractivity contribution in [2.24, 2.45) is 0 Å². The van der Waals surface area contributed by atoms with Gasteiger partial charge in [-0.15, -0.1) is 0 Å². The Bertz CT molecular complexity index is 1380. The van der Waals surface area contributed by atoms with Crippen LogP contribution in [-0.2, 0) is 34.8 Å². The highest BCUT2D eigenvalue weighted by atomic mass is 31.2. The fourth-order valence-electron chi connectivity index (χ4n) is 4.93. The van der Waals surface area contributed by atoms with Crippen molar-refractivity contribution in [2.75, 3.05) is 12.3 Å². The molecule has 0 saturated heterocycles. The molecule has 0 aliphatic carbocycles. The minimum Gasteiger partial charge on any atom is -0.393 e. The Kier molecular flexibility index (Phi) is 12.3. The van der Waals surface area contributed by atoms with Crippen LogP contribution in [0.1, 0.15) is 16.7 Å². The lowest BCUT2D eigenvalue weighted by atomic mass is 10.2. The second-order valence-corrected chi connectivity index (χ2v) is 33.6. The first-order valence-electron chi connectivity index (χ1n) is 15.2. The van der Waals surface area contributed by atoms with Crippen LogP contribution >= 0.6 is 14.7 Å². The van der Waals surface area contributed by atoms with Crippen LogP contribution < -0.4 is 0 Å². The standard InChI is InChI=1S/C32H50N2O5P2Si3/c1-42(2,3)37-32(22-15-29-13-11-10-12-14-29,40(35,38-43(4,5)6)27-20-30-16-23-33-24-17-30)41(36,39-44(7,8)9)28-21-31-18-25-34-26-19-31/h10-19,22-26H,20-21,27-28H2,1-9H3. The summed E-state index contributed by atoms with van der Waals surface area (Å²) in [4.78, 5) is 8.31. The van der Waals surface area contributed by atoms with E-state index in [1.807, 2.05) is 120 Å². The zero-order valence-electron chi connectivity index (χ0n) is 27.8. The highest BCUT2D eigenvalue weighted by molar-refractivity contribution is 7.80. The van der Waals surface area contributed by atoms with E-state index in [0.29, 0.717) is 12.8 Å². The van der Waals surface area contributed by atoms with E-state index in [1.54, 1.807) is 30.9 Å². The fraction of sp³-hybridized carbons (Fsp3) is 0.438. The van der Waals surface area contributed by atoms with Crippen molar-refractivity contribution in [3.8, 4) is 0 Å². The molecule has 0 amide bonds. The third kappa shape index (κ3) is 10.7. The van der Waals surface area contributed by atoms with Gasteiger partial charge >= 0.3 is 0 Å². The van der Waals surface area contributed by atoms with E-state index in [-0.39, 0.29) is 12.3 Å². The molecule has 2 unspecified atom stereocenters. The molecule has 3 aromatic rings. The summed E-state index contributed by atoms with van der Waals surface area (Å²) in [5.74, 6) is 0. The van der Waals surface area contributed by atoms with Gasteiger partial charge in [0.25, 0.3) is 0 Å². The van der Waals surface area contributed by atoms with E-state index >= 15 is 9.13 Å². The third-order valence-electron chi connectivity index (χ3n) is 6.46. The van der Waals surface area contributed by atoms with Gasteiger partial charge in [0.05, 0.1) is 0 Å². The summed E-state index contributed by atoms with van der Waals surface area (Å²) in [7, 11) is -15.4. The topological polar surface area (TPSA) is 87.6 Å². The SMILES string of the molecule is C[Si](C)(C)OC(C=Cc1ccccc1)(P(=O)(CCc1ccncc1)O[Si](C)(C)C)P(=O)(CCc1ccncc1)O[Si](C)(C)C. The minimum absolute atomic E-state index is 0.152. The first-order valence-corrected chi connectivity index (χ1v) is 29.0. The zero-order valence-corrected chi connectivity index (χ0v) is 32.6. The summed E-state index contributed by atoms with van der Waals surface area (Å²) in [6, 6.07) is 17.5. The number of hydrogen-bond acceptors (Lipinski definition) is 7. The third-order valence-corrected chi connectivity index (χ3v) is 20.4. The minimum atomic E-state index is -3.92. The average Bonchev–Trinajstić information content (AvgIpc) is 2.92. The monoisotopic (exact) mass is 688 g/mol. The first kappa shape index (κ1) is 36.7. The quantitative estimate of drug-likeness (QED) is 0.109. The molecule has 12 heteroatoms. The van der Waals surface area contributed by atoms with Crippen molar-refractivity contribution in [3.05, 3.63) is 102 Å². The molecule has 0 aliphatic heterocycles. The van der Waals surface area contributed by atoms with Crippen LogP contribution in [0.15, 0.2) is 85.5 Å². The molecular weight excluding hydrogens is 639 g/mol. The van der Waals surface area contributed by atoms with Gasteiger partial charge in [0.1, 0.15) is 0 Å². The van der Waals surface area contributed by atoms with Crippen molar-refractivity contribution in [1.29, 1.82) is 0 Å². The summed E-state index contributed by atoms with van der Waals surface area (Å²) in [6.07, 6.45) is 11.8. The van der Waals surface area contributed by atoms with Gasteiger partial charge in [0, 0.05) is 37.1 Å². The van der Waals surface area contributed by atoms with Gasteiger partial charge in [-0.05, 0) is 119 Å². The van der Waals surface area contributed by atoms with Crippen LogP contribution in [-0.4, -0.2) is 52.3 Å². The maximum Gasteiger partial charge on any atom is 0.237 e. The van der Waals surface area contributed by atoms with Gasteiger partial charge in [-0.1, -0.05) is 36.4 Å². The lowest BCUT2D eigenvalue weighted by Gasteiger charge is -2.49. The van der Waals surface area contributed by atoms with Crippen molar-refractivity contribution < 1.29 is 22.0 Å². The summed E-state index contributed by atoms with van der Waals surface area (Å²) < 4.78 is 52.9. The number of nitrogens with zero attached hydrogens (tertiary/aromatic N) is 2. The highest BCUT2D eigenvalue weighted by Crippen LogP contribution is 2.80. The smallest absolute Gasteiger partial charge is 0.237 e. The Morgan fingerprint density at radius 2 is 1.05 bits per heavy atom. The molecule has 0 fully saturated rings. The fourth-order valence-corrected chi connectivity index (χ4v) is 23.1. The molecule has 7 nitrogen and oxygen atoms in total. The molecule has 240 valence electrons. The summed E-state index contributed by atoms with van der Waals surface area (Å²) in [5, 5.41) is -1.79. The van der Waals surface area contributed by atoms with Gasteiger partial charge < -0.3 is 12.9 Å². The van der Waals surface area contributed by atoms with Crippen LogP contribution in [0, 0.1) is 0 Å². The van der Waals surface area contributed by atoms with Crippen LogP contribution in [0.4, 0.5) is 0 Å². The number of aromatic nitrogens is 2. The Labute approximate surface area is 268 Å². The van der Waals surface area contributed by atoms with Crippen LogP contribution in [0.25, 0.3) is 6.08 Å². The number of rotatable bonds is 16. The number of aryl methyl sites for hydroxylation is 2. The average molecular weight is 689 g/mol. The Morgan fingerprint density at radius 1 is 0.636 bits per heavy atom. The second-order valence-electron chi connectivity index (χ2n) is 14.0. The van der Waals surface area contributed by atoms with E-state index in [4.69, 9.17) is 12.9 Å². The number of pyridine rings is 2. The number of benzene rings is 1. The maximum absolute atomic E-state index is 16.1. The van der Waals surface area contributed by atoms with Gasteiger partial charge in [0.2, 0.25) is 19.8 Å². The largest absolute Gasteiger partial charge is 0.393 e. The molecule has 0 aliphatic rings. The first-order chi connectivity index (χ1) is 20.4. The molecule has 44 heavy (non-hydrogen) atoms. The Morgan fingerprint density at radius 3 is 1.41 bits per heavy atom. The van der Waals surface area contributed by atoms with E-state index in [0.717, 1.165) is 16.7 Å². The van der Waals surface area contributed by atoms with E-state index in [9.17, 15) is 0 Å². The molecule has 2 heterocycles. The van der Waals surface area contributed by atoms with Crippen LogP contribution in [0.5, 0.6) is 0 Å². The summed E-state index contributed by atoms with van der Waals surface area (Å²) in [6.45, 7) is 18.3. The molecule has 2 aromatic heterocycles. The van der Waals surface area contributed by atoms with Crippen LogP contribution in [0.3, 0.4) is 0 Å². The molecule has 0 N–H and O–H groups in total. The predicted octanol–water partition coefficient (Wildman–Crippen LogP) is 9.74. The lowest BCUT2D eigenvalue weighted by Crippen LogP contribution is -2.46. The van der Waals surface area contributed by atoms with Crippen molar-refractivity contribution in [3.63, 3.8) is 0 Å². The molecule has 0 bridgehead atoms. The van der Waals surface area contributed by atoms with E-state index in [2.05, 4.69) is 9.97 Å². The van der Waals surface area contributed by atoms with Gasteiger partial charge in [-0.2, -0.15) is 0 Å². The number of hydrogen-bond donors (Lipinski definition) is 0. The predicted molar refractivity (Wildman–Crippen MR) is 192 cm³/mol. The Balaban J connectivity index is 2.38. The van der Waals surface area contributed by atoms with Crippen molar-refractivity contribution >= 4 is 45.8 Å². The van der Waals surface area contributed by atoms with Crippen molar-refractivity contribution in [2.45, 2.75) is 76.8 Å². The summed E-state index contributed by atoms with van der Waals surface area (Å²) in [5.41, 5.74) is 2.84. The highest BCUT2D eigenvalue weighted by Gasteiger charge is 2.64. The molecule has 1 aromatic carbocycles. The Hall–Kier alpha value is -1.75. The zero-order chi connectivity index (χ0) is 32.7. The lowest BCUT2D eigenvalue weighted by molar-refractivity contribution is 0.232. The molecule has 0 saturated carbocycles. The van der Waals surface area contributed by atoms with Gasteiger partial charge in [0.15, 0.2) is 25.0 Å². The second kappa shape index (κ2) is 14.8. The normalized spacial score (nSPS) is 17.1. The van der Waals surface area contributed by atoms with Gasteiger partial charge in [-0.25, -0.2) is 0 Å². The van der Waals surface area contributed by atoms with E-state index < -0.39 is 44.8 Å². The molecule has 0 spiro atoms.